The summed E-state index contributed by atoms with van der Waals surface area (Å²) in [5, 5.41) is 3.91. The molecule has 4 nitrogen and oxygen atoms in total. The molecule has 2 aromatic rings. The van der Waals surface area contributed by atoms with Gasteiger partial charge in [-0.2, -0.15) is 5.10 Å². The van der Waals surface area contributed by atoms with Crippen molar-refractivity contribution in [3.63, 3.8) is 0 Å². The molecule has 0 saturated carbocycles. The van der Waals surface area contributed by atoms with Crippen molar-refractivity contribution in [3.05, 3.63) is 64.1 Å². The molecule has 0 fully saturated rings. The number of hydrogen-bond donors (Lipinski definition) is 1. The highest BCUT2D eigenvalue weighted by atomic mass is 79.9. The Bertz CT molecular complexity index is 654. The van der Waals surface area contributed by atoms with Gasteiger partial charge in [-0.1, -0.05) is 53.2 Å². The van der Waals surface area contributed by atoms with Gasteiger partial charge in [0.25, 0.3) is 5.91 Å². The molecule has 0 saturated heterocycles. The number of benzene rings is 2. The molecular formula is C17H17BrN2O2. The first-order valence-corrected chi connectivity index (χ1v) is 7.76. The monoisotopic (exact) mass is 360 g/mol. The van der Waals surface area contributed by atoms with Gasteiger partial charge in [0.05, 0.1) is 6.21 Å². The zero-order valence-electron chi connectivity index (χ0n) is 12.3. The van der Waals surface area contributed by atoms with Crippen molar-refractivity contribution in [2.24, 2.45) is 5.10 Å². The lowest BCUT2D eigenvalue weighted by atomic mass is 10.1. The van der Waals surface area contributed by atoms with E-state index in [0.29, 0.717) is 5.75 Å². The summed E-state index contributed by atoms with van der Waals surface area (Å²) in [4.78, 5) is 11.6. The van der Waals surface area contributed by atoms with Crippen molar-refractivity contribution < 1.29 is 9.53 Å². The van der Waals surface area contributed by atoms with Gasteiger partial charge in [-0.3, -0.25) is 4.79 Å². The average molecular weight is 361 g/mol. The predicted molar refractivity (Wildman–Crippen MR) is 91.2 cm³/mol. The van der Waals surface area contributed by atoms with Crippen LogP contribution in [-0.4, -0.2) is 18.7 Å². The lowest BCUT2D eigenvalue weighted by Crippen LogP contribution is -2.24. The summed E-state index contributed by atoms with van der Waals surface area (Å²) >= 11 is 3.34. The molecule has 0 aliphatic rings. The highest BCUT2D eigenvalue weighted by Crippen LogP contribution is 2.17. The quantitative estimate of drug-likeness (QED) is 0.632. The maximum absolute atomic E-state index is 11.6. The van der Waals surface area contributed by atoms with Crippen molar-refractivity contribution in [2.45, 2.75) is 13.3 Å². The van der Waals surface area contributed by atoms with Gasteiger partial charge in [0.15, 0.2) is 6.61 Å². The zero-order valence-corrected chi connectivity index (χ0v) is 13.8. The molecule has 2 rings (SSSR count). The maximum atomic E-state index is 11.6. The summed E-state index contributed by atoms with van der Waals surface area (Å²) in [6.07, 6.45) is 2.61. The molecule has 0 unspecified atom stereocenters. The van der Waals surface area contributed by atoms with Gasteiger partial charge in [-0.25, -0.2) is 5.43 Å². The third-order valence-corrected chi connectivity index (χ3v) is 3.45. The summed E-state index contributed by atoms with van der Waals surface area (Å²) in [7, 11) is 0. The van der Waals surface area contributed by atoms with Crippen LogP contribution in [0, 0.1) is 0 Å². The molecule has 5 heteroatoms. The van der Waals surface area contributed by atoms with Crippen LogP contribution < -0.4 is 10.2 Å². The summed E-state index contributed by atoms with van der Waals surface area (Å²) in [5.41, 5.74) is 4.64. The lowest BCUT2D eigenvalue weighted by molar-refractivity contribution is -0.123. The number of carbonyl (C=O) groups excluding carboxylic acids is 1. The van der Waals surface area contributed by atoms with Crippen LogP contribution in [0.25, 0.3) is 0 Å². The van der Waals surface area contributed by atoms with Gasteiger partial charge in [0.1, 0.15) is 5.75 Å². The van der Waals surface area contributed by atoms with Crippen molar-refractivity contribution >= 4 is 28.1 Å². The molecule has 1 N–H and O–H groups in total. The number of nitrogens with one attached hydrogen (secondary N) is 1. The number of hydrazone groups is 1. The smallest absolute Gasteiger partial charge is 0.277 e. The minimum atomic E-state index is -0.304. The largest absolute Gasteiger partial charge is 0.484 e. The van der Waals surface area contributed by atoms with Gasteiger partial charge >= 0.3 is 0 Å². The first kappa shape index (κ1) is 16.2. The molecule has 0 heterocycles. The molecule has 0 aliphatic heterocycles. The second-order valence-electron chi connectivity index (χ2n) is 4.63. The number of nitrogens with zero attached hydrogens (tertiary/aromatic N) is 1. The van der Waals surface area contributed by atoms with Gasteiger partial charge in [0, 0.05) is 4.47 Å². The number of carbonyl (C=O) groups is 1. The van der Waals surface area contributed by atoms with Crippen LogP contribution in [0.3, 0.4) is 0 Å². The summed E-state index contributed by atoms with van der Waals surface area (Å²) in [6.45, 7) is 2.02. The standard InChI is InChI=1S/C17H17BrN2O2/c1-2-13-6-8-14(9-7-13)11-19-20-17(21)12-22-16-5-3-4-15(18)10-16/h3-11H,2,12H2,1H3,(H,20,21)/b19-11+. The lowest BCUT2D eigenvalue weighted by Gasteiger charge is -2.05. The van der Waals surface area contributed by atoms with Gasteiger partial charge in [0.2, 0.25) is 0 Å². The van der Waals surface area contributed by atoms with Crippen LogP contribution >= 0.6 is 15.9 Å². The Hall–Kier alpha value is -2.14. The van der Waals surface area contributed by atoms with Crippen LogP contribution in [0.1, 0.15) is 18.1 Å². The first-order chi connectivity index (χ1) is 10.7. The Morgan fingerprint density at radius 1 is 1.27 bits per heavy atom. The van der Waals surface area contributed by atoms with E-state index in [-0.39, 0.29) is 12.5 Å². The summed E-state index contributed by atoms with van der Waals surface area (Å²) < 4.78 is 6.27. The number of ether oxygens (including phenoxy) is 1. The average Bonchev–Trinajstić information content (AvgIpc) is 2.54. The Kier molecular flexibility index (Phi) is 6.15. The highest BCUT2D eigenvalue weighted by Gasteiger charge is 2.01. The zero-order chi connectivity index (χ0) is 15.8. The fourth-order valence-corrected chi connectivity index (χ4v) is 2.13. The Morgan fingerprint density at radius 3 is 2.73 bits per heavy atom. The maximum Gasteiger partial charge on any atom is 0.277 e. The molecule has 0 aromatic heterocycles. The normalized spacial score (nSPS) is 10.6. The molecule has 2 aromatic carbocycles. The minimum Gasteiger partial charge on any atom is -0.484 e. The number of halogens is 1. The Balaban J connectivity index is 1.78. The van der Waals surface area contributed by atoms with Crippen molar-refractivity contribution in [1.82, 2.24) is 5.43 Å². The van der Waals surface area contributed by atoms with Gasteiger partial charge in [-0.05, 0) is 35.7 Å². The van der Waals surface area contributed by atoms with Gasteiger partial charge < -0.3 is 4.74 Å². The van der Waals surface area contributed by atoms with Gasteiger partial charge in [-0.15, -0.1) is 0 Å². The van der Waals surface area contributed by atoms with E-state index < -0.39 is 0 Å². The number of rotatable bonds is 6. The van der Waals surface area contributed by atoms with E-state index in [4.69, 9.17) is 4.74 Å². The van der Waals surface area contributed by atoms with Crippen LogP contribution in [0.4, 0.5) is 0 Å². The van der Waals surface area contributed by atoms with E-state index >= 15 is 0 Å². The molecular weight excluding hydrogens is 344 g/mol. The van der Waals surface area contributed by atoms with E-state index in [1.807, 2.05) is 36.4 Å². The molecule has 0 aliphatic carbocycles. The van der Waals surface area contributed by atoms with Crippen LogP contribution in [0.15, 0.2) is 58.1 Å². The molecule has 0 spiro atoms. The first-order valence-electron chi connectivity index (χ1n) is 6.96. The fourth-order valence-electron chi connectivity index (χ4n) is 1.76. The third kappa shape index (κ3) is 5.33. The Labute approximate surface area is 138 Å². The van der Waals surface area contributed by atoms with Crippen molar-refractivity contribution in [1.29, 1.82) is 0 Å². The molecule has 22 heavy (non-hydrogen) atoms. The van der Waals surface area contributed by atoms with Crippen LogP contribution in [-0.2, 0) is 11.2 Å². The fraction of sp³-hybridized carbons (Fsp3) is 0.176. The minimum absolute atomic E-state index is 0.0808. The van der Waals surface area contributed by atoms with E-state index in [2.05, 4.69) is 33.4 Å². The SMILES string of the molecule is CCc1ccc(/C=N/NC(=O)COc2cccc(Br)c2)cc1. The van der Waals surface area contributed by atoms with E-state index in [9.17, 15) is 4.79 Å². The highest BCUT2D eigenvalue weighted by molar-refractivity contribution is 9.10. The molecule has 0 atom stereocenters. The Morgan fingerprint density at radius 2 is 2.05 bits per heavy atom. The van der Waals surface area contributed by atoms with Crippen molar-refractivity contribution in [3.8, 4) is 5.75 Å². The van der Waals surface area contributed by atoms with E-state index in [0.717, 1.165) is 16.5 Å². The third-order valence-electron chi connectivity index (χ3n) is 2.96. The van der Waals surface area contributed by atoms with Crippen LogP contribution in [0.5, 0.6) is 5.75 Å². The predicted octanol–water partition coefficient (Wildman–Crippen LogP) is 3.54. The molecule has 0 radical (unpaired) electrons. The van der Waals surface area contributed by atoms with E-state index in [1.165, 1.54) is 5.56 Å². The molecule has 0 bridgehead atoms. The molecule has 114 valence electrons. The number of hydrogen-bond acceptors (Lipinski definition) is 3. The topological polar surface area (TPSA) is 50.7 Å². The second kappa shape index (κ2) is 8.34. The van der Waals surface area contributed by atoms with Crippen LogP contribution in [0.2, 0.25) is 0 Å². The second-order valence-corrected chi connectivity index (χ2v) is 5.55. The molecule has 1 amide bonds. The number of aryl methyl sites for hydroxylation is 1. The van der Waals surface area contributed by atoms with E-state index in [1.54, 1.807) is 18.3 Å². The van der Waals surface area contributed by atoms with Crippen molar-refractivity contribution in [2.75, 3.05) is 6.61 Å². The summed E-state index contributed by atoms with van der Waals surface area (Å²) in [6, 6.07) is 15.3. The summed E-state index contributed by atoms with van der Waals surface area (Å²) in [5.74, 6) is 0.324. The number of amides is 1.